The Bertz CT molecular complexity index is 2100. The SMILES string of the molecule is CC(C)C[C@@H]1NC(=O)[C@@H](Cc2ccccc2)NC(=O)[C@H](CCNC(=O)OC(C)(C)C)NC(=O)[C@@H](N)CCNC(=O)[C@@H]([C@H](C)O)NC(=O)[C@H](CCNC(=O)OC(C)(C)C)NC(=O)[C@H](CCNC(=O)OC(C)(C)C)NC1=O. The topological polar surface area (TPSA) is 365 Å². The second-order valence-electron chi connectivity index (χ2n) is 21.7. The van der Waals surface area contributed by atoms with Crippen LogP contribution >= 0.6 is 0 Å². The van der Waals surface area contributed by atoms with Gasteiger partial charge in [0.1, 0.15) is 53.1 Å². The third-order valence-corrected chi connectivity index (χ3v) is 10.6. The standard InChI is InChI=1S/C50H83N11O14/c1-28(2)26-35-42(67)58-33(20-24-54-46(71)74-49(7,8)9)39(64)57-34(21-25-55-47(72)75-50(10,11)12)41(66)61-37(29(3)62)44(69)52-22-18-31(51)38(63)56-32(19-23-53-45(70)73-48(4,5)6)40(65)60-36(43(68)59-35)27-30-16-14-13-15-17-30/h13-17,28-29,31-37,62H,18-27,51H2,1-12H3,(H,52,69)(H,53,70)(H,54,71)(H,55,72)(H,56,63)(H,57,64)(H,58,67)(H,59,68)(H,60,65)(H,61,66)/t29-,31-,32-,33-,34-,35-,36+,37+/m0/s1. The van der Waals surface area contributed by atoms with Crippen molar-refractivity contribution >= 4 is 59.6 Å². The monoisotopic (exact) mass is 1060 g/mol. The van der Waals surface area contributed by atoms with Gasteiger partial charge >= 0.3 is 18.3 Å². The van der Waals surface area contributed by atoms with Gasteiger partial charge in [-0.25, -0.2) is 14.4 Å². The van der Waals surface area contributed by atoms with Crippen molar-refractivity contribution in [2.75, 3.05) is 26.2 Å². The van der Waals surface area contributed by atoms with Gasteiger partial charge in [-0.2, -0.15) is 0 Å². The number of carbonyl (C=O) groups is 10. The molecule has 25 heteroatoms. The molecule has 1 aromatic rings. The molecule has 8 atom stereocenters. The van der Waals surface area contributed by atoms with E-state index in [1.807, 2.05) is 0 Å². The van der Waals surface area contributed by atoms with Gasteiger partial charge in [0.2, 0.25) is 41.4 Å². The highest BCUT2D eigenvalue weighted by Gasteiger charge is 2.36. The van der Waals surface area contributed by atoms with Crippen molar-refractivity contribution < 1.29 is 67.3 Å². The van der Waals surface area contributed by atoms with Gasteiger partial charge in [-0.05, 0) is 113 Å². The van der Waals surface area contributed by atoms with Crippen molar-refractivity contribution in [3.05, 3.63) is 35.9 Å². The van der Waals surface area contributed by atoms with Crippen molar-refractivity contribution in [1.29, 1.82) is 0 Å². The normalized spacial score (nSPS) is 22.8. The maximum Gasteiger partial charge on any atom is 0.407 e. The Labute approximate surface area is 439 Å². The summed E-state index contributed by atoms with van der Waals surface area (Å²) in [6.45, 7) is 18.6. The number of rotatable bonds is 14. The average molecular weight is 1060 g/mol. The molecule has 1 heterocycles. The first kappa shape index (κ1) is 64.4. The van der Waals surface area contributed by atoms with Crippen LogP contribution in [-0.2, 0) is 54.2 Å². The molecular weight excluding hydrogens is 979 g/mol. The van der Waals surface area contributed by atoms with E-state index < -0.39 is 125 Å². The summed E-state index contributed by atoms with van der Waals surface area (Å²) in [6.07, 6.45) is -5.18. The van der Waals surface area contributed by atoms with Gasteiger partial charge in [0, 0.05) is 32.6 Å². The van der Waals surface area contributed by atoms with Crippen LogP contribution in [0.1, 0.15) is 121 Å². The Morgan fingerprint density at radius 2 is 0.920 bits per heavy atom. The van der Waals surface area contributed by atoms with Crippen LogP contribution in [-0.4, -0.2) is 156 Å². The van der Waals surface area contributed by atoms with Crippen LogP contribution in [0.25, 0.3) is 0 Å². The molecule has 25 nitrogen and oxygen atoms in total. The lowest BCUT2D eigenvalue weighted by Gasteiger charge is -2.29. The maximum atomic E-state index is 14.5. The van der Waals surface area contributed by atoms with Gasteiger partial charge in [0.05, 0.1) is 12.1 Å². The molecule has 75 heavy (non-hydrogen) atoms. The minimum Gasteiger partial charge on any atom is -0.444 e. The van der Waals surface area contributed by atoms with E-state index in [9.17, 15) is 53.1 Å². The molecule has 10 amide bonds. The fourth-order valence-corrected chi connectivity index (χ4v) is 7.09. The molecule has 0 saturated carbocycles. The number of aliphatic hydroxyl groups is 1. The zero-order chi connectivity index (χ0) is 56.8. The minimum atomic E-state index is -1.65. The van der Waals surface area contributed by atoms with E-state index in [2.05, 4.69) is 53.2 Å². The molecule has 0 aromatic heterocycles. The van der Waals surface area contributed by atoms with Crippen LogP contribution < -0.4 is 58.9 Å². The van der Waals surface area contributed by atoms with Crippen molar-refractivity contribution in [1.82, 2.24) is 53.2 Å². The number of aliphatic hydroxyl groups excluding tert-OH is 1. The lowest BCUT2D eigenvalue weighted by Crippen LogP contribution is -2.61. The number of nitrogens with two attached hydrogens (primary N) is 1. The first-order valence-electron chi connectivity index (χ1n) is 25.2. The number of ether oxygens (including phenoxy) is 3. The molecule has 0 aliphatic carbocycles. The van der Waals surface area contributed by atoms with E-state index in [1.54, 1.807) is 106 Å². The largest absolute Gasteiger partial charge is 0.444 e. The molecule has 0 unspecified atom stereocenters. The second-order valence-corrected chi connectivity index (χ2v) is 21.7. The number of carbonyl (C=O) groups excluding carboxylic acids is 10. The van der Waals surface area contributed by atoms with Crippen molar-refractivity contribution in [2.24, 2.45) is 11.7 Å². The van der Waals surface area contributed by atoms with Gasteiger partial charge in [-0.15, -0.1) is 0 Å². The fraction of sp³-hybridized carbons (Fsp3) is 0.680. The third-order valence-electron chi connectivity index (χ3n) is 10.6. The molecule has 1 aliphatic heterocycles. The summed E-state index contributed by atoms with van der Waals surface area (Å²) < 4.78 is 15.9. The van der Waals surface area contributed by atoms with Crippen LogP contribution in [0.15, 0.2) is 30.3 Å². The van der Waals surface area contributed by atoms with Crippen LogP contribution in [0.5, 0.6) is 0 Å². The molecule has 1 saturated heterocycles. The van der Waals surface area contributed by atoms with Crippen LogP contribution in [0.3, 0.4) is 0 Å². The predicted octanol–water partition coefficient (Wildman–Crippen LogP) is 0.156. The van der Waals surface area contributed by atoms with Crippen molar-refractivity contribution in [2.45, 2.75) is 187 Å². The van der Waals surface area contributed by atoms with E-state index in [1.165, 1.54) is 6.92 Å². The predicted molar refractivity (Wildman–Crippen MR) is 275 cm³/mol. The van der Waals surface area contributed by atoms with Gasteiger partial charge in [0.25, 0.3) is 0 Å². The first-order chi connectivity index (χ1) is 34.7. The zero-order valence-corrected chi connectivity index (χ0v) is 45.5. The average Bonchev–Trinajstić information content (AvgIpc) is 3.26. The first-order valence-corrected chi connectivity index (χ1v) is 25.2. The summed E-state index contributed by atoms with van der Waals surface area (Å²) in [5.41, 5.74) is 4.23. The molecule has 0 radical (unpaired) electrons. The summed E-state index contributed by atoms with van der Waals surface area (Å²) >= 11 is 0. The van der Waals surface area contributed by atoms with Gasteiger partial charge in [-0.1, -0.05) is 44.2 Å². The van der Waals surface area contributed by atoms with Gasteiger partial charge in [0.15, 0.2) is 0 Å². The highest BCUT2D eigenvalue weighted by molar-refractivity contribution is 5.97. The lowest BCUT2D eigenvalue weighted by atomic mass is 10.00. The van der Waals surface area contributed by atoms with E-state index in [0.717, 1.165) is 0 Å². The second kappa shape index (κ2) is 30.0. The van der Waals surface area contributed by atoms with Crippen LogP contribution in [0, 0.1) is 5.92 Å². The van der Waals surface area contributed by atoms with E-state index in [-0.39, 0.29) is 70.6 Å². The molecule has 1 fully saturated rings. The summed E-state index contributed by atoms with van der Waals surface area (Å²) in [5, 5.41) is 36.4. The minimum absolute atomic E-state index is 0.00510. The highest BCUT2D eigenvalue weighted by atomic mass is 16.6. The zero-order valence-electron chi connectivity index (χ0n) is 45.5. The quantitative estimate of drug-likeness (QED) is 0.110. The molecule has 13 N–H and O–H groups in total. The van der Waals surface area contributed by atoms with E-state index in [4.69, 9.17) is 19.9 Å². The summed E-state index contributed by atoms with van der Waals surface area (Å²) in [6, 6.07) is -1.67. The number of nitrogens with one attached hydrogen (secondary N) is 10. The van der Waals surface area contributed by atoms with Gasteiger partial charge < -0.3 is 78.2 Å². The molecule has 1 aliphatic rings. The molecule has 2 rings (SSSR count). The Morgan fingerprint density at radius 1 is 0.560 bits per heavy atom. The number of alkyl carbamates (subject to hydrolysis) is 3. The highest BCUT2D eigenvalue weighted by Crippen LogP contribution is 2.13. The number of amides is 10. The lowest BCUT2D eigenvalue weighted by molar-refractivity contribution is -0.136. The molecule has 0 spiro atoms. The summed E-state index contributed by atoms with van der Waals surface area (Å²) in [4.78, 5) is 137. The maximum absolute atomic E-state index is 14.5. The number of benzene rings is 1. The summed E-state index contributed by atoms with van der Waals surface area (Å²) in [7, 11) is 0. The van der Waals surface area contributed by atoms with Crippen LogP contribution in [0.2, 0.25) is 0 Å². The Hall–Kier alpha value is -6.76. The number of hydrogen-bond acceptors (Lipinski definition) is 15. The summed E-state index contributed by atoms with van der Waals surface area (Å²) in [5.74, 6) is -6.55. The molecular formula is C50H83N11O14. The Morgan fingerprint density at radius 3 is 1.32 bits per heavy atom. The Balaban J connectivity index is 2.75. The molecule has 0 bridgehead atoms. The van der Waals surface area contributed by atoms with E-state index in [0.29, 0.717) is 5.56 Å². The van der Waals surface area contributed by atoms with E-state index >= 15 is 0 Å². The third kappa shape index (κ3) is 26.3. The Kier molecular flexibility index (Phi) is 25.7. The van der Waals surface area contributed by atoms with Crippen molar-refractivity contribution in [3.8, 4) is 0 Å². The number of hydrogen-bond donors (Lipinski definition) is 12. The van der Waals surface area contributed by atoms with Crippen molar-refractivity contribution in [3.63, 3.8) is 0 Å². The molecule has 422 valence electrons. The fourth-order valence-electron chi connectivity index (χ4n) is 7.09. The van der Waals surface area contributed by atoms with Gasteiger partial charge in [-0.3, -0.25) is 33.6 Å². The van der Waals surface area contributed by atoms with Crippen LogP contribution in [0.4, 0.5) is 14.4 Å². The molecule has 1 aromatic carbocycles. The smallest absolute Gasteiger partial charge is 0.407 e.